The molecule has 158 valence electrons. The first-order valence-corrected chi connectivity index (χ1v) is 11.7. The summed E-state index contributed by atoms with van der Waals surface area (Å²) >= 11 is 0. The Morgan fingerprint density at radius 1 is 1.14 bits per heavy atom. The van der Waals surface area contributed by atoms with Crippen LogP contribution in [0.4, 0.5) is 0 Å². The molecule has 0 amide bonds. The maximum absolute atomic E-state index is 13.0. The summed E-state index contributed by atoms with van der Waals surface area (Å²) in [5.41, 5.74) is 1.50. The summed E-state index contributed by atoms with van der Waals surface area (Å²) in [5, 5.41) is 0. The summed E-state index contributed by atoms with van der Waals surface area (Å²) in [6.45, 7) is 16.0. The first-order valence-electron chi connectivity index (χ1n) is 11.7. The molecule has 2 unspecified atom stereocenters. The Morgan fingerprint density at radius 2 is 1.86 bits per heavy atom. The first-order chi connectivity index (χ1) is 13.1. The van der Waals surface area contributed by atoms with E-state index in [1.165, 1.54) is 24.8 Å². The van der Waals surface area contributed by atoms with Crippen molar-refractivity contribution in [3.8, 4) is 0 Å². The summed E-state index contributed by atoms with van der Waals surface area (Å²) < 4.78 is 12.1. The highest BCUT2D eigenvalue weighted by molar-refractivity contribution is 5.77. The van der Waals surface area contributed by atoms with Gasteiger partial charge in [-0.3, -0.25) is 4.79 Å². The number of hydrogen-bond donors (Lipinski definition) is 0. The molecular formula is C25H40O3. The number of esters is 1. The molecule has 0 radical (unpaired) electrons. The molecule has 0 aliphatic heterocycles. The number of ether oxygens (including phenoxy) is 2. The Bertz CT molecular complexity index is 669. The third-order valence-corrected chi connectivity index (χ3v) is 9.33. The van der Waals surface area contributed by atoms with Gasteiger partial charge in [0.05, 0.1) is 23.7 Å². The highest BCUT2D eigenvalue weighted by atomic mass is 16.5. The van der Waals surface area contributed by atoms with Crippen LogP contribution in [0.1, 0.15) is 92.4 Å². The van der Waals surface area contributed by atoms with Gasteiger partial charge in [-0.05, 0) is 107 Å². The molecule has 1 spiro atoms. The van der Waals surface area contributed by atoms with E-state index in [4.69, 9.17) is 9.47 Å². The molecule has 2 bridgehead atoms. The van der Waals surface area contributed by atoms with Crippen LogP contribution in [0.25, 0.3) is 0 Å². The molecular weight excluding hydrogens is 348 g/mol. The van der Waals surface area contributed by atoms with E-state index < -0.39 is 0 Å². The maximum atomic E-state index is 13.0. The van der Waals surface area contributed by atoms with Gasteiger partial charge in [-0.25, -0.2) is 0 Å². The predicted molar refractivity (Wildman–Crippen MR) is 112 cm³/mol. The van der Waals surface area contributed by atoms with Gasteiger partial charge in [0.2, 0.25) is 0 Å². The second-order valence-electron chi connectivity index (χ2n) is 11.2. The summed E-state index contributed by atoms with van der Waals surface area (Å²) in [4.78, 5) is 13.0. The minimum Gasteiger partial charge on any atom is -0.466 e. The number of carbonyl (C=O) groups is 1. The van der Waals surface area contributed by atoms with E-state index in [0.29, 0.717) is 23.9 Å². The van der Waals surface area contributed by atoms with Gasteiger partial charge in [-0.15, -0.1) is 0 Å². The van der Waals surface area contributed by atoms with Crippen molar-refractivity contribution in [2.24, 2.45) is 28.1 Å². The van der Waals surface area contributed by atoms with Crippen molar-refractivity contribution < 1.29 is 14.3 Å². The molecule has 0 aromatic heterocycles. The van der Waals surface area contributed by atoms with Crippen molar-refractivity contribution in [1.82, 2.24) is 0 Å². The summed E-state index contributed by atoms with van der Waals surface area (Å²) in [6, 6.07) is 0. The van der Waals surface area contributed by atoms with Crippen LogP contribution in [-0.2, 0) is 14.3 Å². The van der Waals surface area contributed by atoms with Crippen molar-refractivity contribution in [2.45, 2.75) is 104 Å². The number of fused-ring (bicyclic) bond motifs is 3. The number of rotatable bonds is 4. The summed E-state index contributed by atoms with van der Waals surface area (Å²) in [5.74, 6) is 1.16. The molecule has 6 atom stereocenters. The maximum Gasteiger partial charge on any atom is 0.312 e. The molecule has 0 aromatic rings. The molecule has 28 heavy (non-hydrogen) atoms. The van der Waals surface area contributed by atoms with Crippen LogP contribution < -0.4 is 0 Å². The van der Waals surface area contributed by atoms with E-state index >= 15 is 0 Å². The molecule has 4 aliphatic rings. The smallest absolute Gasteiger partial charge is 0.312 e. The van der Waals surface area contributed by atoms with Crippen molar-refractivity contribution in [2.75, 3.05) is 6.61 Å². The predicted octanol–water partition coefficient (Wildman–Crippen LogP) is 6.07. The summed E-state index contributed by atoms with van der Waals surface area (Å²) in [6.07, 6.45) is 10.6. The van der Waals surface area contributed by atoms with Gasteiger partial charge in [0.25, 0.3) is 0 Å². The van der Waals surface area contributed by atoms with Gasteiger partial charge < -0.3 is 9.47 Å². The Labute approximate surface area is 171 Å². The van der Waals surface area contributed by atoms with Crippen LogP contribution in [0.2, 0.25) is 0 Å². The fourth-order valence-corrected chi connectivity index (χ4v) is 8.50. The van der Waals surface area contributed by atoms with Gasteiger partial charge in [-0.1, -0.05) is 19.9 Å². The van der Waals surface area contributed by atoms with Crippen molar-refractivity contribution in [1.29, 1.82) is 0 Å². The minimum absolute atomic E-state index is 0.0472. The lowest BCUT2D eigenvalue weighted by molar-refractivity contribution is -0.195. The quantitative estimate of drug-likeness (QED) is 0.433. The average molecular weight is 389 g/mol. The van der Waals surface area contributed by atoms with Crippen LogP contribution in [0, 0.1) is 28.1 Å². The fourth-order valence-electron chi connectivity index (χ4n) is 8.50. The van der Waals surface area contributed by atoms with Crippen molar-refractivity contribution in [3.05, 3.63) is 12.2 Å². The van der Waals surface area contributed by atoms with Crippen LogP contribution in [0.3, 0.4) is 0 Å². The highest BCUT2D eigenvalue weighted by Crippen LogP contribution is 2.73. The van der Waals surface area contributed by atoms with Gasteiger partial charge in [0.15, 0.2) is 0 Å². The lowest BCUT2D eigenvalue weighted by Crippen LogP contribution is -2.59. The third-order valence-electron chi connectivity index (χ3n) is 9.33. The van der Waals surface area contributed by atoms with Gasteiger partial charge >= 0.3 is 5.97 Å². The Balaban J connectivity index is 1.67. The second kappa shape index (κ2) is 6.59. The highest BCUT2D eigenvalue weighted by Gasteiger charge is 2.68. The molecule has 0 aromatic carbocycles. The van der Waals surface area contributed by atoms with E-state index in [1.807, 2.05) is 6.92 Å². The zero-order chi connectivity index (χ0) is 20.4. The molecule has 0 N–H and O–H groups in total. The Hall–Kier alpha value is -0.830. The average Bonchev–Trinajstić information content (AvgIpc) is 2.79. The molecule has 4 aliphatic carbocycles. The van der Waals surface area contributed by atoms with Gasteiger partial charge in [0, 0.05) is 0 Å². The first kappa shape index (κ1) is 20.4. The molecule has 0 saturated heterocycles. The zero-order valence-electron chi connectivity index (χ0n) is 18.7. The van der Waals surface area contributed by atoms with E-state index in [2.05, 4.69) is 34.3 Å². The number of carbonyl (C=O) groups excluding carboxylic acids is 1. The van der Waals surface area contributed by atoms with Crippen LogP contribution in [0.5, 0.6) is 0 Å². The fraction of sp³-hybridized carbons (Fsp3) is 0.880. The molecule has 4 fully saturated rings. The second-order valence-corrected chi connectivity index (χ2v) is 11.2. The van der Waals surface area contributed by atoms with E-state index in [0.717, 1.165) is 38.5 Å². The van der Waals surface area contributed by atoms with Crippen LogP contribution >= 0.6 is 0 Å². The Morgan fingerprint density at radius 3 is 2.54 bits per heavy atom. The van der Waals surface area contributed by atoms with Crippen molar-refractivity contribution in [3.63, 3.8) is 0 Å². The Kier molecular flexibility index (Phi) is 4.81. The van der Waals surface area contributed by atoms with E-state index in [-0.39, 0.29) is 28.5 Å². The van der Waals surface area contributed by atoms with Crippen LogP contribution in [-0.4, -0.2) is 24.3 Å². The third kappa shape index (κ3) is 2.67. The topological polar surface area (TPSA) is 35.5 Å². The largest absolute Gasteiger partial charge is 0.466 e. The lowest BCUT2D eigenvalue weighted by Gasteiger charge is -2.64. The zero-order valence-corrected chi connectivity index (χ0v) is 18.7. The monoisotopic (exact) mass is 388 g/mol. The van der Waals surface area contributed by atoms with Gasteiger partial charge in [-0.2, -0.15) is 0 Å². The minimum atomic E-state index is -0.316. The molecule has 4 saturated carbocycles. The van der Waals surface area contributed by atoms with Crippen molar-refractivity contribution >= 4 is 5.97 Å². The molecule has 3 nitrogen and oxygen atoms in total. The standard InChI is InChI=1S/C25H40O3/c1-7-27-21(26)23(6)12-8-11-22(5)19(23)9-13-24-15-18(4)25(16-24,28-17(2)3)14-10-20(22)24/h17,19-20H,4,7-16H2,1-3,5-6H3/t19?,20?,22-,23-,24-,25+/m1/s1. The molecule has 0 heterocycles. The summed E-state index contributed by atoms with van der Waals surface area (Å²) in [7, 11) is 0. The SMILES string of the molecule is C=C1C[C@@]23CCC4[C@@](C)(CCC[C@@]4(C)C(=O)OCC)C2CC[C@]1(OC(C)C)C3. The van der Waals surface area contributed by atoms with Crippen LogP contribution in [0.15, 0.2) is 12.2 Å². The lowest BCUT2D eigenvalue weighted by atomic mass is 9.41. The van der Waals surface area contributed by atoms with E-state index in [1.54, 1.807) is 0 Å². The molecule has 4 rings (SSSR count). The van der Waals surface area contributed by atoms with Gasteiger partial charge in [0.1, 0.15) is 0 Å². The van der Waals surface area contributed by atoms with E-state index in [9.17, 15) is 4.79 Å². The number of hydrogen-bond acceptors (Lipinski definition) is 3. The normalized spacial score (nSPS) is 47.6. The molecule has 3 heteroatoms.